The van der Waals surface area contributed by atoms with Crippen molar-refractivity contribution in [3.63, 3.8) is 0 Å². The molecule has 0 atom stereocenters. The standard InChI is InChI=1S/C13H16N2O/c1-11(2)15-10-14-8-12(15)9-16-13-6-4-3-5-7-13/h3-8,10-11H,9H2,1-2H3. The van der Waals surface area contributed by atoms with Crippen LogP contribution in [0.5, 0.6) is 5.75 Å². The van der Waals surface area contributed by atoms with Crippen LogP contribution in [0.15, 0.2) is 42.9 Å². The molecule has 1 aromatic carbocycles. The zero-order valence-corrected chi connectivity index (χ0v) is 9.63. The summed E-state index contributed by atoms with van der Waals surface area (Å²) < 4.78 is 7.79. The number of hydrogen-bond donors (Lipinski definition) is 0. The van der Waals surface area contributed by atoms with Crippen LogP contribution in [0.4, 0.5) is 0 Å². The number of aromatic nitrogens is 2. The fraction of sp³-hybridized carbons (Fsp3) is 0.308. The molecule has 2 rings (SSSR count). The predicted octanol–water partition coefficient (Wildman–Crippen LogP) is 3.04. The van der Waals surface area contributed by atoms with Crippen molar-refractivity contribution in [2.75, 3.05) is 0 Å². The Kier molecular flexibility index (Phi) is 3.25. The number of imidazole rings is 1. The van der Waals surface area contributed by atoms with Gasteiger partial charge in [-0.25, -0.2) is 4.98 Å². The lowest BCUT2D eigenvalue weighted by atomic mass is 10.3. The average Bonchev–Trinajstić information content (AvgIpc) is 2.76. The molecule has 84 valence electrons. The highest BCUT2D eigenvalue weighted by Crippen LogP contribution is 2.13. The molecule has 0 aliphatic carbocycles. The summed E-state index contributed by atoms with van der Waals surface area (Å²) in [5.74, 6) is 0.888. The molecule has 0 N–H and O–H groups in total. The summed E-state index contributed by atoms with van der Waals surface area (Å²) in [5, 5.41) is 0. The molecule has 1 heterocycles. The molecule has 3 heteroatoms. The van der Waals surface area contributed by atoms with Crippen molar-refractivity contribution in [3.05, 3.63) is 48.5 Å². The summed E-state index contributed by atoms with van der Waals surface area (Å²) in [4.78, 5) is 4.14. The van der Waals surface area contributed by atoms with E-state index in [9.17, 15) is 0 Å². The zero-order chi connectivity index (χ0) is 11.4. The van der Waals surface area contributed by atoms with Crippen molar-refractivity contribution < 1.29 is 4.74 Å². The summed E-state index contributed by atoms with van der Waals surface area (Å²) >= 11 is 0. The van der Waals surface area contributed by atoms with Gasteiger partial charge < -0.3 is 9.30 Å². The third kappa shape index (κ3) is 2.42. The average molecular weight is 216 g/mol. The highest BCUT2D eigenvalue weighted by molar-refractivity contribution is 5.21. The van der Waals surface area contributed by atoms with E-state index in [1.807, 2.05) is 42.9 Å². The lowest BCUT2D eigenvalue weighted by Gasteiger charge is -2.12. The topological polar surface area (TPSA) is 27.1 Å². The first-order valence-corrected chi connectivity index (χ1v) is 5.46. The molecule has 0 amide bonds. The summed E-state index contributed by atoms with van der Waals surface area (Å²) in [5.41, 5.74) is 1.10. The number of benzene rings is 1. The Hall–Kier alpha value is -1.77. The fourth-order valence-corrected chi connectivity index (χ4v) is 1.58. The molecule has 0 spiro atoms. The van der Waals surface area contributed by atoms with Gasteiger partial charge in [-0.3, -0.25) is 0 Å². The first-order valence-electron chi connectivity index (χ1n) is 5.46. The minimum atomic E-state index is 0.414. The Morgan fingerprint density at radius 3 is 2.69 bits per heavy atom. The SMILES string of the molecule is CC(C)n1cncc1COc1ccccc1. The van der Waals surface area contributed by atoms with Crippen LogP contribution in [0.1, 0.15) is 25.6 Å². The summed E-state index contributed by atoms with van der Waals surface area (Å²) in [7, 11) is 0. The minimum Gasteiger partial charge on any atom is -0.487 e. The van der Waals surface area contributed by atoms with Gasteiger partial charge in [0.1, 0.15) is 12.4 Å². The first-order chi connectivity index (χ1) is 7.77. The maximum absolute atomic E-state index is 5.68. The van der Waals surface area contributed by atoms with Crippen LogP contribution in [0.3, 0.4) is 0 Å². The van der Waals surface area contributed by atoms with Crippen LogP contribution in [0.2, 0.25) is 0 Å². The molecular weight excluding hydrogens is 200 g/mol. The monoisotopic (exact) mass is 216 g/mol. The van der Waals surface area contributed by atoms with Gasteiger partial charge in [0.2, 0.25) is 0 Å². The van der Waals surface area contributed by atoms with Gasteiger partial charge in [-0.05, 0) is 26.0 Å². The highest BCUT2D eigenvalue weighted by atomic mass is 16.5. The summed E-state index contributed by atoms with van der Waals surface area (Å²) in [6.07, 6.45) is 3.69. The van der Waals surface area contributed by atoms with Crippen molar-refractivity contribution in [2.24, 2.45) is 0 Å². The van der Waals surface area contributed by atoms with Crippen molar-refractivity contribution in [1.29, 1.82) is 0 Å². The first kappa shape index (κ1) is 10.7. The largest absolute Gasteiger partial charge is 0.487 e. The summed E-state index contributed by atoms with van der Waals surface area (Å²) in [6.45, 7) is 4.82. The summed E-state index contributed by atoms with van der Waals surface area (Å²) in [6, 6.07) is 10.2. The highest BCUT2D eigenvalue weighted by Gasteiger charge is 2.05. The van der Waals surface area contributed by atoms with Crippen LogP contribution in [-0.4, -0.2) is 9.55 Å². The van der Waals surface area contributed by atoms with Crippen molar-refractivity contribution in [3.8, 4) is 5.75 Å². The molecule has 1 aromatic heterocycles. The van der Waals surface area contributed by atoms with E-state index >= 15 is 0 Å². The molecule has 0 saturated heterocycles. The Balaban J connectivity index is 2.02. The van der Waals surface area contributed by atoms with E-state index in [2.05, 4.69) is 23.4 Å². The van der Waals surface area contributed by atoms with E-state index in [0.717, 1.165) is 11.4 Å². The van der Waals surface area contributed by atoms with E-state index in [1.165, 1.54) is 0 Å². The van der Waals surface area contributed by atoms with Crippen molar-refractivity contribution >= 4 is 0 Å². The molecule has 0 aliphatic rings. The molecule has 0 unspecified atom stereocenters. The molecule has 0 saturated carbocycles. The van der Waals surface area contributed by atoms with Gasteiger partial charge in [0.05, 0.1) is 18.2 Å². The Morgan fingerprint density at radius 1 is 1.25 bits per heavy atom. The van der Waals surface area contributed by atoms with Gasteiger partial charge in [0.15, 0.2) is 0 Å². The van der Waals surface area contributed by atoms with Crippen LogP contribution in [0.25, 0.3) is 0 Å². The van der Waals surface area contributed by atoms with Gasteiger partial charge in [0, 0.05) is 6.04 Å². The molecule has 2 aromatic rings. The number of nitrogens with zero attached hydrogens (tertiary/aromatic N) is 2. The third-order valence-electron chi connectivity index (χ3n) is 2.43. The van der Waals surface area contributed by atoms with E-state index in [4.69, 9.17) is 4.74 Å². The van der Waals surface area contributed by atoms with Gasteiger partial charge in [0.25, 0.3) is 0 Å². The van der Waals surface area contributed by atoms with Gasteiger partial charge in [-0.1, -0.05) is 18.2 Å². The Labute approximate surface area is 95.7 Å². The molecule has 0 bridgehead atoms. The normalized spacial score (nSPS) is 10.7. The van der Waals surface area contributed by atoms with E-state index in [0.29, 0.717) is 12.6 Å². The van der Waals surface area contributed by atoms with Crippen LogP contribution in [0, 0.1) is 0 Å². The maximum atomic E-state index is 5.68. The molecule has 0 radical (unpaired) electrons. The lowest BCUT2D eigenvalue weighted by Crippen LogP contribution is -2.07. The number of hydrogen-bond acceptors (Lipinski definition) is 2. The number of rotatable bonds is 4. The van der Waals surface area contributed by atoms with E-state index in [1.54, 1.807) is 0 Å². The Bertz CT molecular complexity index is 434. The van der Waals surface area contributed by atoms with Crippen molar-refractivity contribution in [1.82, 2.24) is 9.55 Å². The molecule has 0 fully saturated rings. The lowest BCUT2D eigenvalue weighted by molar-refractivity contribution is 0.292. The van der Waals surface area contributed by atoms with E-state index in [-0.39, 0.29) is 0 Å². The number of ether oxygens (including phenoxy) is 1. The quantitative estimate of drug-likeness (QED) is 0.785. The van der Waals surface area contributed by atoms with Gasteiger partial charge in [-0.15, -0.1) is 0 Å². The second-order valence-electron chi connectivity index (χ2n) is 3.99. The van der Waals surface area contributed by atoms with Crippen molar-refractivity contribution in [2.45, 2.75) is 26.5 Å². The minimum absolute atomic E-state index is 0.414. The molecular formula is C13H16N2O. The third-order valence-corrected chi connectivity index (χ3v) is 2.43. The molecule has 16 heavy (non-hydrogen) atoms. The zero-order valence-electron chi connectivity index (χ0n) is 9.63. The van der Waals surface area contributed by atoms with E-state index < -0.39 is 0 Å². The fourth-order valence-electron chi connectivity index (χ4n) is 1.58. The second-order valence-corrected chi connectivity index (χ2v) is 3.99. The molecule has 3 nitrogen and oxygen atoms in total. The van der Waals surface area contributed by atoms with Gasteiger partial charge in [-0.2, -0.15) is 0 Å². The van der Waals surface area contributed by atoms with Crippen LogP contribution < -0.4 is 4.74 Å². The molecule has 0 aliphatic heterocycles. The Morgan fingerprint density at radius 2 is 2.00 bits per heavy atom. The predicted molar refractivity (Wildman–Crippen MR) is 63.4 cm³/mol. The van der Waals surface area contributed by atoms with Crippen LogP contribution in [-0.2, 0) is 6.61 Å². The smallest absolute Gasteiger partial charge is 0.130 e. The second kappa shape index (κ2) is 4.84. The van der Waals surface area contributed by atoms with Gasteiger partial charge >= 0.3 is 0 Å². The number of para-hydroxylation sites is 1. The maximum Gasteiger partial charge on any atom is 0.130 e. The van der Waals surface area contributed by atoms with Crippen LogP contribution >= 0.6 is 0 Å².